The van der Waals surface area contributed by atoms with Crippen molar-refractivity contribution in [2.75, 3.05) is 11.9 Å². The Hall–Kier alpha value is -1.85. The highest BCUT2D eigenvalue weighted by molar-refractivity contribution is 9.10. The van der Waals surface area contributed by atoms with E-state index < -0.39 is 11.9 Å². The molecule has 4 nitrogen and oxygen atoms in total. The predicted octanol–water partition coefficient (Wildman–Crippen LogP) is 4.21. The molecule has 0 spiro atoms. The maximum Gasteiger partial charge on any atom is 0.338 e. The van der Waals surface area contributed by atoms with Crippen LogP contribution in [0.3, 0.4) is 0 Å². The molecule has 1 N–H and O–H groups in total. The highest BCUT2D eigenvalue weighted by Crippen LogP contribution is 2.19. The molecule has 2 aromatic carbocycles. The summed E-state index contributed by atoms with van der Waals surface area (Å²) in [5.41, 5.74) is 1.85. The zero-order chi connectivity index (χ0) is 16.1. The third-order valence-electron chi connectivity index (χ3n) is 2.88. The second-order valence-electron chi connectivity index (χ2n) is 4.59. The van der Waals surface area contributed by atoms with E-state index in [1.54, 1.807) is 42.5 Å². The van der Waals surface area contributed by atoms with Crippen molar-refractivity contribution in [3.05, 3.63) is 63.1 Å². The van der Waals surface area contributed by atoms with Crippen LogP contribution in [0.5, 0.6) is 0 Å². The topological polar surface area (TPSA) is 55.4 Å². The van der Waals surface area contributed by atoms with E-state index in [1.807, 2.05) is 6.92 Å². The molecular formula is C16H13BrClNO3. The van der Waals surface area contributed by atoms with Crippen molar-refractivity contribution >= 4 is 45.1 Å². The number of rotatable bonds is 4. The standard InChI is InChI=1S/C16H13BrClNO3/c1-10-8-13(18)6-7-14(10)19-15(20)9-22-16(21)11-2-4-12(17)5-3-11/h2-8H,9H2,1H3,(H,19,20). The molecule has 0 aliphatic rings. The average Bonchev–Trinajstić information content (AvgIpc) is 2.48. The molecule has 0 saturated carbocycles. The highest BCUT2D eigenvalue weighted by Gasteiger charge is 2.11. The van der Waals surface area contributed by atoms with E-state index in [-0.39, 0.29) is 6.61 Å². The van der Waals surface area contributed by atoms with Crippen molar-refractivity contribution in [2.24, 2.45) is 0 Å². The lowest BCUT2D eigenvalue weighted by Crippen LogP contribution is -2.21. The summed E-state index contributed by atoms with van der Waals surface area (Å²) in [6, 6.07) is 11.8. The van der Waals surface area contributed by atoms with Crippen molar-refractivity contribution in [2.45, 2.75) is 6.92 Å². The van der Waals surface area contributed by atoms with E-state index >= 15 is 0 Å². The van der Waals surface area contributed by atoms with Crippen LogP contribution in [0.4, 0.5) is 5.69 Å². The predicted molar refractivity (Wildman–Crippen MR) is 89.2 cm³/mol. The summed E-state index contributed by atoms with van der Waals surface area (Å²) in [7, 11) is 0. The number of aryl methyl sites for hydroxylation is 1. The summed E-state index contributed by atoms with van der Waals surface area (Å²) < 4.78 is 5.83. The summed E-state index contributed by atoms with van der Waals surface area (Å²) >= 11 is 9.13. The number of hydrogen-bond donors (Lipinski definition) is 1. The van der Waals surface area contributed by atoms with Gasteiger partial charge in [0, 0.05) is 15.2 Å². The van der Waals surface area contributed by atoms with Gasteiger partial charge in [0.1, 0.15) is 0 Å². The fourth-order valence-electron chi connectivity index (χ4n) is 1.75. The SMILES string of the molecule is Cc1cc(Cl)ccc1NC(=O)COC(=O)c1ccc(Br)cc1. The van der Waals surface area contributed by atoms with Gasteiger partial charge in [0.25, 0.3) is 5.91 Å². The maximum absolute atomic E-state index is 11.8. The highest BCUT2D eigenvalue weighted by atomic mass is 79.9. The van der Waals surface area contributed by atoms with E-state index in [2.05, 4.69) is 21.2 Å². The zero-order valence-corrected chi connectivity index (χ0v) is 14.1. The molecular weight excluding hydrogens is 370 g/mol. The number of esters is 1. The Kier molecular flexibility index (Phi) is 5.57. The maximum atomic E-state index is 11.8. The van der Waals surface area contributed by atoms with Crippen LogP contribution >= 0.6 is 27.5 Å². The first-order chi connectivity index (χ1) is 10.5. The zero-order valence-electron chi connectivity index (χ0n) is 11.7. The van der Waals surface area contributed by atoms with E-state index in [0.717, 1.165) is 10.0 Å². The van der Waals surface area contributed by atoms with Crippen LogP contribution in [0.2, 0.25) is 5.02 Å². The number of benzene rings is 2. The molecule has 0 unspecified atom stereocenters. The molecule has 0 radical (unpaired) electrons. The lowest BCUT2D eigenvalue weighted by atomic mass is 10.2. The van der Waals surface area contributed by atoms with Gasteiger partial charge in [-0.2, -0.15) is 0 Å². The minimum absolute atomic E-state index is 0.350. The fraction of sp³-hybridized carbons (Fsp3) is 0.125. The lowest BCUT2D eigenvalue weighted by Gasteiger charge is -2.09. The Morgan fingerprint density at radius 3 is 2.50 bits per heavy atom. The number of carbonyl (C=O) groups excluding carboxylic acids is 2. The van der Waals surface area contributed by atoms with Crippen LogP contribution in [-0.2, 0) is 9.53 Å². The molecule has 0 saturated heterocycles. The van der Waals surface area contributed by atoms with Gasteiger partial charge in [0.05, 0.1) is 5.56 Å². The Morgan fingerprint density at radius 2 is 1.86 bits per heavy atom. The number of anilines is 1. The Morgan fingerprint density at radius 1 is 1.18 bits per heavy atom. The molecule has 0 heterocycles. The molecule has 0 bridgehead atoms. The van der Waals surface area contributed by atoms with Gasteiger partial charge in [-0.05, 0) is 55.0 Å². The molecule has 6 heteroatoms. The van der Waals surface area contributed by atoms with Crippen LogP contribution in [0.15, 0.2) is 46.9 Å². The third-order valence-corrected chi connectivity index (χ3v) is 3.64. The first kappa shape index (κ1) is 16.5. The molecule has 0 aromatic heterocycles. The second-order valence-corrected chi connectivity index (χ2v) is 5.94. The van der Waals surface area contributed by atoms with Crippen molar-refractivity contribution in [3.63, 3.8) is 0 Å². The largest absolute Gasteiger partial charge is 0.452 e. The van der Waals surface area contributed by atoms with E-state index in [0.29, 0.717) is 16.3 Å². The van der Waals surface area contributed by atoms with Gasteiger partial charge in [0.15, 0.2) is 6.61 Å². The number of hydrogen-bond acceptors (Lipinski definition) is 3. The minimum Gasteiger partial charge on any atom is -0.452 e. The van der Waals surface area contributed by atoms with E-state index in [4.69, 9.17) is 16.3 Å². The van der Waals surface area contributed by atoms with Crippen molar-refractivity contribution in [1.29, 1.82) is 0 Å². The smallest absolute Gasteiger partial charge is 0.338 e. The molecule has 2 aromatic rings. The van der Waals surface area contributed by atoms with E-state index in [9.17, 15) is 9.59 Å². The summed E-state index contributed by atoms with van der Waals surface area (Å²) in [5.74, 6) is -0.952. The number of ether oxygens (including phenoxy) is 1. The number of halogens is 2. The monoisotopic (exact) mass is 381 g/mol. The van der Waals surface area contributed by atoms with Crippen LogP contribution in [0, 0.1) is 6.92 Å². The van der Waals surface area contributed by atoms with Crippen LogP contribution < -0.4 is 5.32 Å². The Labute approximate surface area is 141 Å². The first-order valence-corrected chi connectivity index (χ1v) is 7.61. The Bertz CT molecular complexity index is 701. The van der Waals surface area contributed by atoms with Gasteiger partial charge < -0.3 is 10.1 Å². The third kappa shape index (κ3) is 4.58. The van der Waals surface area contributed by atoms with Crippen molar-refractivity contribution in [1.82, 2.24) is 0 Å². The first-order valence-electron chi connectivity index (χ1n) is 6.44. The second kappa shape index (κ2) is 7.42. The molecule has 22 heavy (non-hydrogen) atoms. The van der Waals surface area contributed by atoms with Gasteiger partial charge in [-0.1, -0.05) is 27.5 Å². The van der Waals surface area contributed by atoms with Crippen molar-refractivity contribution in [3.8, 4) is 0 Å². The molecule has 114 valence electrons. The molecule has 0 fully saturated rings. The average molecular weight is 383 g/mol. The number of amides is 1. The van der Waals surface area contributed by atoms with Crippen LogP contribution in [0.25, 0.3) is 0 Å². The van der Waals surface area contributed by atoms with Gasteiger partial charge >= 0.3 is 5.97 Å². The van der Waals surface area contributed by atoms with Gasteiger partial charge in [0.2, 0.25) is 0 Å². The summed E-state index contributed by atoms with van der Waals surface area (Å²) in [4.78, 5) is 23.6. The van der Waals surface area contributed by atoms with Crippen LogP contribution in [0.1, 0.15) is 15.9 Å². The summed E-state index contributed by atoms with van der Waals surface area (Å²) in [6.07, 6.45) is 0. The van der Waals surface area contributed by atoms with Gasteiger partial charge in [-0.25, -0.2) is 4.79 Å². The normalized spacial score (nSPS) is 10.1. The Balaban J connectivity index is 1.89. The molecule has 1 amide bonds. The number of nitrogens with one attached hydrogen (secondary N) is 1. The van der Waals surface area contributed by atoms with Crippen LogP contribution in [-0.4, -0.2) is 18.5 Å². The minimum atomic E-state index is -0.546. The summed E-state index contributed by atoms with van der Waals surface area (Å²) in [5, 5.41) is 3.27. The van der Waals surface area contributed by atoms with E-state index in [1.165, 1.54) is 0 Å². The summed E-state index contributed by atoms with van der Waals surface area (Å²) in [6.45, 7) is 1.48. The van der Waals surface area contributed by atoms with Gasteiger partial charge in [-0.15, -0.1) is 0 Å². The fourth-order valence-corrected chi connectivity index (χ4v) is 2.25. The molecule has 0 atom stereocenters. The molecule has 0 aliphatic heterocycles. The quantitative estimate of drug-likeness (QED) is 0.806. The lowest BCUT2D eigenvalue weighted by molar-refractivity contribution is -0.119. The number of carbonyl (C=O) groups is 2. The van der Waals surface area contributed by atoms with Crippen molar-refractivity contribution < 1.29 is 14.3 Å². The molecule has 2 rings (SSSR count). The molecule has 0 aliphatic carbocycles. The van der Waals surface area contributed by atoms with Gasteiger partial charge in [-0.3, -0.25) is 4.79 Å².